The highest BCUT2D eigenvalue weighted by atomic mass is 16.2. The molecule has 4 nitrogen and oxygen atoms in total. The second-order valence-electron chi connectivity index (χ2n) is 4.49. The molecule has 2 N–H and O–H groups in total. The maximum absolute atomic E-state index is 12.4. The summed E-state index contributed by atoms with van der Waals surface area (Å²) >= 11 is 0. The number of hydrogen-bond donors (Lipinski definition) is 1. The highest BCUT2D eigenvalue weighted by molar-refractivity contribution is 5.96. The fraction of sp³-hybridized carbons (Fsp3) is 0.538. The Bertz CT molecular complexity index is 402. The first kappa shape index (κ1) is 13.5. The second kappa shape index (κ2) is 5.66. The van der Waals surface area contributed by atoms with Crippen LogP contribution in [0.4, 0.5) is 5.69 Å². The molecule has 1 heterocycles. The van der Waals surface area contributed by atoms with Gasteiger partial charge in [0.25, 0.3) is 5.91 Å². The zero-order chi connectivity index (χ0) is 13.0. The standard InChI is InChI=1S/C13H21N3O/c1-5-6-16(9(2)3)13(17)12-7-11(14)8-15-10(12)4/h7-9H,5-6,14H2,1-4H3. The molecule has 0 radical (unpaired) electrons. The molecule has 1 aromatic heterocycles. The van der Waals surface area contributed by atoms with E-state index in [1.54, 1.807) is 12.3 Å². The number of aryl methyl sites for hydroxylation is 1. The molecule has 0 saturated carbocycles. The molecule has 0 aliphatic rings. The number of nitrogen functional groups attached to an aromatic ring is 1. The van der Waals surface area contributed by atoms with Crippen molar-refractivity contribution in [2.45, 2.75) is 40.2 Å². The zero-order valence-electron chi connectivity index (χ0n) is 11.0. The first-order valence-corrected chi connectivity index (χ1v) is 6.00. The van der Waals surface area contributed by atoms with Gasteiger partial charge in [-0.1, -0.05) is 6.92 Å². The summed E-state index contributed by atoms with van der Waals surface area (Å²) in [5.74, 6) is 0.0131. The van der Waals surface area contributed by atoms with Crippen LogP contribution in [0.5, 0.6) is 0 Å². The molecule has 1 amide bonds. The zero-order valence-corrected chi connectivity index (χ0v) is 11.0. The van der Waals surface area contributed by atoms with Gasteiger partial charge in [0.2, 0.25) is 0 Å². The maximum atomic E-state index is 12.4. The van der Waals surface area contributed by atoms with Gasteiger partial charge in [0.1, 0.15) is 0 Å². The lowest BCUT2D eigenvalue weighted by Gasteiger charge is -2.26. The van der Waals surface area contributed by atoms with Gasteiger partial charge in [-0.25, -0.2) is 0 Å². The molecule has 0 spiro atoms. The molecule has 0 aliphatic heterocycles. The number of hydrogen-bond acceptors (Lipinski definition) is 3. The quantitative estimate of drug-likeness (QED) is 0.870. The number of carbonyl (C=O) groups is 1. The van der Waals surface area contributed by atoms with Gasteiger partial charge in [-0.2, -0.15) is 0 Å². The summed E-state index contributed by atoms with van der Waals surface area (Å²) in [7, 11) is 0. The Balaban J connectivity index is 3.04. The largest absolute Gasteiger partial charge is 0.397 e. The predicted molar refractivity (Wildman–Crippen MR) is 69.8 cm³/mol. The van der Waals surface area contributed by atoms with E-state index in [0.717, 1.165) is 18.7 Å². The van der Waals surface area contributed by atoms with Gasteiger partial charge in [-0.15, -0.1) is 0 Å². The van der Waals surface area contributed by atoms with Gasteiger partial charge in [0.05, 0.1) is 23.1 Å². The van der Waals surface area contributed by atoms with Crippen LogP contribution >= 0.6 is 0 Å². The van der Waals surface area contributed by atoms with Crippen LogP contribution in [0.1, 0.15) is 43.2 Å². The summed E-state index contributed by atoms with van der Waals surface area (Å²) in [6, 6.07) is 1.89. The van der Waals surface area contributed by atoms with Gasteiger partial charge in [-0.05, 0) is 33.3 Å². The van der Waals surface area contributed by atoms with Crippen molar-refractivity contribution < 1.29 is 4.79 Å². The number of nitrogens with zero attached hydrogens (tertiary/aromatic N) is 2. The minimum atomic E-state index is 0.0131. The van der Waals surface area contributed by atoms with E-state index in [9.17, 15) is 4.79 Å². The molecule has 0 bridgehead atoms. The van der Waals surface area contributed by atoms with Crippen molar-refractivity contribution >= 4 is 11.6 Å². The van der Waals surface area contributed by atoms with Gasteiger partial charge < -0.3 is 10.6 Å². The van der Waals surface area contributed by atoms with E-state index in [4.69, 9.17) is 5.73 Å². The van der Waals surface area contributed by atoms with Crippen molar-refractivity contribution in [1.82, 2.24) is 9.88 Å². The van der Waals surface area contributed by atoms with Crippen LogP contribution in [0.25, 0.3) is 0 Å². The van der Waals surface area contributed by atoms with Crippen molar-refractivity contribution in [3.63, 3.8) is 0 Å². The third kappa shape index (κ3) is 3.19. The molecule has 0 fully saturated rings. The number of carbonyl (C=O) groups excluding carboxylic acids is 1. The van der Waals surface area contributed by atoms with E-state index in [1.807, 2.05) is 25.7 Å². The first-order valence-electron chi connectivity index (χ1n) is 6.00. The van der Waals surface area contributed by atoms with E-state index in [-0.39, 0.29) is 11.9 Å². The molecule has 4 heteroatoms. The van der Waals surface area contributed by atoms with Crippen LogP contribution < -0.4 is 5.73 Å². The van der Waals surface area contributed by atoms with E-state index in [2.05, 4.69) is 11.9 Å². The van der Waals surface area contributed by atoms with E-state index in [1.165, 1.54) is 0 Å². The molecule has 94 valence electrons. The molecule has 17 heavy (non-hydrogen) atoms. The molecular weight excluding hydrogens is 214 g/mol. The summed E-state index contributed by atoms with van der Waals surface area (Å²) in [6.07, 6.45) is 2.52. The molecule has 0 atom stereocenters. The normalized spacial score (nSPS) is 10.6. The number of aromatic nitrogens is 1. The third-order valence-corrected chi connectivity index (χ3v) is 2.69. The molecule has 0 aromatic carbocycles. The number of nitrogens with two attached hydrogens (primary N) is 1. The van der Waals surface area contributed by atoms with Crippen molar-refractivity contribution in [1.29, 1.82) is 0 Å². The number of anilines is 1. The minimum absolute atomic E-state index is 0.0131. The smallest absolute Gasteiger partial charge is 0.256 e. The van der Waals surface area contributed by atoms with E-state index < -0.39 is 0 Å². The Morgan fingerprint density at radius 3 is 2.71 bits per heavy atom. The Morgan fingerprint density at radius 2 is 2.18 bits per heavy atom. The summed E-state index contributed by atoms with van der Waals surface area (Å²) in [5, 5.41) is 0. The fourth-order valence-electron chi connectivity index (χ4n) is 1.76. The van der Waals surface area contributed by atoms with Crippen LogP contribution in [-0.2, 0) is 0 Å². The summed E-state index contributed by atoms with van der Waals surface area (Å²) in [5.41, 5.74) is 7.54. The SMILES string of the molecule is CCCN(C(=O)c1cc(N)cnc1C)C(C)C. The van der Waals surface area contributed by atoms with Crippen LogP contribution in [0, 0.1) is 6.92 Å². The number of rotatable bonds is 4. The maximum Gasteiger partial charge on any atom is 0.256 e. The number of pyridine rings is 1. The van der Waals surface area contributed by atoms with Crippen molar-refractivity contribution in [3.05, 3.63) is 23.5 Å². The van der Waals surface area contributed by atoms with Gasteiger partial charge in [0.15, 0.2) is 0 Å². The summed E-state index contributed by atoms with van der Waals surface area (Å²) in [4.78, 5) is 18.4. The van der Waals surface area contributed by atoms with Crippen LogP contribution in [0.2, 0.25) is 0 Å². The summed E-state index contributed by atoms with van der Waals surface area (Å²) < 4.78 is 0. The predicted octanol–water partition coefficient (Wildman–Crippen LogP) is 2.23. The van der Waals surface area contributed by atoms with Gasteiger partial charge in [-0.3, -0.25) is 9.78 Å². The lowest BCUT2D eigenvalue weighted by molar-refractivity contribution is 0.0704. The lowest BCUT2D eigenvalue weighted by Crippen LogP contribution is -2.38. The van der Waals surface area contributed by atoms with Crippen LogP contribution in [0.3, 0.4) is 0 Å². The highest BCUT2D eigenvalue weighted by Crippen LogP contribution is 2.14. The van der Waals surface area contributed by atoms with Crippen molar-refractivity contribution in [2.75, 3.05) is 12.3 Å². The molecule has 0 aliphatic carbocycles. The number of amides is 1. The molecule has 1 rings (SSSR count). The Hall–Kier alpha value is -1.58. The average Bonchev–Trinajstić information content (AvgIpc) is 2.28. The summed E-state index contributed by atoms with van der Waals surface area (Å²) in [6.45, 7) is 8.68. The lowest BCUT2D eigenvalue weighted by atomic mass is 10.1. The van der Waals surface area contributed by atoms with Gasteiger partial charge >= 0.3 is 0 Å². The van der Waals surface area contributed by atoms with Crippen LogP contribution in [-0.4, -0.2) is 28.4 Å². The topological polar surface area (TPSA) is 59.2 Å². The van der Waals surface area contributed by atoms with Crippen LogP contribution in [0.15, 0.2) is 12.3 Å². The molecule has 1 aromatic rings. The van der Waals surface area contributed by atoms with E-state index in [0.29, 0.717) is 11.3 Å². The monoisotopic (exact) mass is 235 g/mol. The highest BCUT2D eigenvalue weighted by Gasteiger charge is 2.20. The van der Waals surface area contributed by atoms with Crippen molar-refractivity contribution in [2.24, 2.45) is 0 Å². The Morgan fingerprint density at radius 1 is 1.53 bits per heavy atom. The van der Waals surface area contributed by atoms with E-state index >= 15 is 0 Å². The van der Waals surface area contributed by atoms with Gasteiger partial charge in [0, 0.05) is 12.6 Å². The van der Waals surface area contributed by atoms with Crippen molar-refractivity contribution in [3.8, 4) is 0 Å². The second-order valence-corrected chi connectivity index (χ2v) is 4.49. The molecular formula is C13H21N3O. The third-order valence-electron chi connectivity index (χ3n) is 2.69. The molecule has 0 saturated heterocycles. The molecule has 0 unspecified atom stereocenters. The average molecular weight is 235 g/mol. The Kier molecular flexibility index (Phi) is 4.49. The first-order chi connectivity index (χ1) is 7.97. The fourth-order valence-corrected chi connectivity index (χ4v) is 1.76. The minimum Gasteiger partial charge on any atom is -0.397 e. The Labute approximate surface area is 103 Å².